The lowest BCUT2D eigenvalue weighted by atomic mass is 10.2. The summed E-state index contributed by atoms with van der Waals surface area (Å²) < 4.78 is 2.33. The number of hydrogen-bond acceptors (Lipinski definition) is 3. The standard InChI is InChI=1S/C19H24N4/c1-14(2)23-18-11-6-5-10-17(18)21-19(23)13-22(4)15(3)16-9-7-8-12-20-16/h5-12,14-15H,13H2,1-4H3. The SMILES string of the molecule is CC(c1ccccn1)N(C)Cc1nc2ccccc2n1C(C)C. The van der Waals surface area contributed by atoms with Crippen LogP contribution in [-0.4, -0.2) is 26.5 Å². The van der Waals surface area contributed by atoms with Crippen molar-refractivity contribution in [1.82, 2.24) is 19.4 Å². The van der Waals surface area contributed by atoms with Crippen LogP contribution < -0.4 is 0 Å². The second-order valence-electron chi connectivity index (χ2n) is 6.33. The Hall–Kier alpha value is -2.20. The molecule has 2 heterocycles. The molecule has 0 saturated heterocycles. The summed E-state index contributed by atoms with van der Waals surface area (Å²) in [7, 11) is 2.13. The number of rotatable bonds is 5. The van der Waals surface area contributed by atoms with Crippen molar-refractivity contribution in [1.29, 1.82) is 0 Å². The van der Waals surface area contributed by atoms with Gasteiger partial charge in [-0.2, -0.15) is 0 Å². The third-order valence-corrected chi connectivity index (χ3v) is 4.35. The van der Waals surface area contributed by atoms with E-state index in [9.17, 15) is 0 Å². The molecule has 120 valence electrons. The van der Waals surface area contributed by atoms with Gasteiger partial charge in [-0.3, -0.25) is 9.88 Å². The van der Waals surface area contributed by atoms with Crippen LogP contribution in [0.2, 0.25) is 0 Å². The first-order chi connectivity index (χ1) is 11.1. The average Bonchev–Trinajstić information content (AvgIpc) is 2.92. The Morgan fingerprint density at radius 1 is 1.04 bits per heavy atom. The van der Waals surface area contributed by atoms with E-state index in [4.69, 9.17) is 4.98 Å². The molecule has 0 saturated carbocycles. The first kappa shape index (κ1) is 15.7. The van der Waals surface area contributed by atoms with Crippen molar-refractivity contribution in [3.8, 4) is 0 Å². The minimum atomic E-state index is 0.247. The number of fused-ring (bicyclic) bond motifs is 1. The van der Waals surface area contributed by atoms with Crippen LogP contribution in [0.5, 0.6) is 0 Å². The van der Waals surface area contributed by atoms with E-state index in [1.165, 1.54) is 5.52 Å². The fourth-order valence-corrected chi connectivity index (χ4v) is 2.99. The van der Waals surface area contributed by atoms with Gasteiger partial charge in [-0.1, -0.05) is 18.2 Å². The molecule has 4 heteroatoms. The molecule has 0 aliphatic rings. The zero-order valence-corrected chi connectivity index (χ0v) is 14.3. The van der Waals surface area contributed by atoms with Gasteiger partial charge in [0.25, 0.3) is 0 Å². The van der Waals surface area contributed by atoms with Gasteiger partial charge in [-0.05, 0) is 52.1 Å². The molecule has 3 rings (SSSR count). The predicted molar refractivity (Wildman–Crippen MR) is 94.2 cm³/mol. The Bertz CT molecular complexity index is 776. The highest BCUT2D eigenvalue weighted by atomic mass is 15.2. The van der Waals surface area contributed by atoms with Crippen molar-refractivity contribution in [3.63, 3.8) is 0 Å². The van der Waals surface area contributed by atoms with E-state index in [1.54, 1.807) is 0 Å². The molecule has 0 aliphatic carbocycles. The van der Waals surface area contributed by atoms with E-state index in [0.717, 1.165) is 23.6 Å². The quantitative estimate of drug-likeness (QED) is 0.708. The molecule has 1 unspecified atom stereocenters. The maximum atomic E-state index is 4.85. The molecule has 0 aliphatic heterocycles. The minimum Gasteiger partial charge on any atom is -0.324 e. The van der Waals surface area contributed by atoms with E-state index in [-0.39, 0.29) is 6.04 Å². The smallest absolute Gasteiger partial charge is 0.124 e. The second kappa shape index (κ2) is 6.50. The van der Waals surface area contributed by atoms with E-state index in [0.29, 0.717) is 6.04 Å². The zero-order valence-electron chi connectivity index (χ0n) is 14.3. The Morgan fingerprint density at radius 3 is 2.48 bits per heavy atom. The molecule has 1 aromatic carbocycles. The van der Waals surface area contributed by atoms with E-state index >= 15 is 0 Å². The van der Waals surface area contributed by atoms with E-state index in [1.807, 2.05) is 24.4 Å². The van der Waals surface area contributed by atoms with Gasteiger partial charge >= 0.3 is 0 Å². The summed E-state index contributed by atoms with van der Waals surface area (Å²) in [6.45, 7) is 7.40. The van der Waals surface area contributed by atoms with Gasteiger partial charge in [0, 0.05) is 18.3 Å². The van der Waals surface area contributed by atoms with Crippen LogP contribution in [0.15, 0.2) is 48.7 Å². The maximum Gasteiger partial charge on any atom is 0.124 e. The molecule has 1 atom stereocenters. The van der Waals surface area contributed by atoms with Crippen LogP contribution in [-0.2, 0) is 6.54 Å². The van der Waals surface area contributed by atoms with Gasteiger partial charge in [0.2, 0.25) is 0 Å². The Balaban J connectivity index is 1.90. The third kappa shape index (κ3) is 3.13. The van der Waals surface area contributed by atoms with Crippen LogP contribution in [0.25, 0.3) is 11.0 Å². The summed E-state index contributed by atoms with van der Waals surface area (Å²) in [5, 5.41) is 0. The van der Waals surface area contributed by atoms with Gasteiger partial charge < -0.3 is 4.57 Å². The lowest BCUT2D eigenvalue weighted by Gasteiger charge is -2.25. The van der Waals surface area contributed by atoms with Gasteiger partial charge in [0.1, 0.15) is 5.82 Å². The van der Waals surface area contributed by atoms with Crippen molar-refractivity contribution < 1.29 is 0 Å². The fraction of sp³-hybridized carbons (Fsp3) is 0.368. The number of nitrogens with zero attached hydrogens (tertiary/aromatic N) is 4. The number of imidazole rings is 1. The lowest BCUT2D eigenvalue weighted by molar-refractivity contribution is 0.238. The summed E-state index contributed by atoms with van der Waals surface area (Å²) in [5.41, 5.74) is 3.36. The summed E-state index contributed by atoms with van der Waals surface area (Å²) in [6, 6.07) is 15.1. The van der Waals surface area contributed by atoms with Crippen molar-refractivity contribution >= 4 is 11.0 Å². The highest BCUT2D eigenvalue weighted by Gasteiger charge is 2.18. The molecule has 0 fully saturated rings. The molecular weight excluding hydrogens is 284 g/mol. The fourth-order valence-electron chi connectivity index (χ4n) is 2.99. The van der Waals surface area contributed by atoms with Crippen LogP contribution >= 0.6 is 0 Å². The summed E-state index contributed by atoms with van der Waals surface area (Å²) in [4.78, 5) is 11.6. The third-order valence-electron chi connectivity index (χ3n) is 4.35. The second-order valence-corrected chi connectivity index (χ2v) is 6.33. The van der Waals surface area contributed by atoms with Gasteiger partial charge in [0.15, 0.2) is 0 Å². The number of aromatic nitrogens is 3. The molecule has 0 amide bonds. The number of pyridine rings is 1. The van der Waals surface area contributed by atoms with Crippen LogP contribution in [0.3, 0.4) is 0 Å². The molecular formula is C19H24N4. The molecule has 0 radical (unpaired) electrons. The van der Waals surface area contributed by atoms with Crippen LogP contribution in [0.1, 0.15) is 44.4 Å². The largest absolute Gasteiger partial charge is 0.324 e. The molecule has 2 aromatic heterocycles. The van der Waals surface area contributed by atoms with Gasteiger partial charge in [-0.25, -0.2) is 4.98 Å². The molecule has 3 aromatic rings. The molecule has 23 heavy (non-hydrogen) atoms. The molecule has 0 N–H and O–H groups in total. The minimum absolute atomic E-state index is 0.247. The van der Waals surface area contributed by atoms with Crippen molar-refractivity contribution in [3.05, 3.63) is 60.2 Å². The summed E-state index contributed by atoms with van der Waals surface area (Å²) in [6.07, 6.45) is 1.85. The summed E-state index contributed by atoms with van der Waals surface area (Å²) >= 11 is 0. The summed E-state index contributed by atoms with van der Waals surface area (Å²) in [5.74, 6) is 1.10. The van der Waals surface area contributed by atoms with Gasteiger partial charge in [0.05, 0.1) is 23.3 Å². The molecule has 4 nitrogen and oxygen atoms in total. The highest BCUT2D eigenvalue weighted by Crippen LogP contribution is 2.24. The number of benzene rings is 1. The predicted octanol–water partition coefficient (Wildman–Crippen LogP) is 4.21. The zero-order chi connectivity index (χ0) is 16.4. The number of hydrogen-bond donors (Lipinski definition) is 0. The first-order valence-corrected chi connectivity index (χ1v) is 8.15. The van der Waals surface area contributed by atoms with Crippen molar-refractivity contribution in [2.75, 3.05) is 7.05 Å². The van der Waals surface area contributed by atoms with Crippen molar-refractivity contribution in [2.45, 2.75) is 39.4 Å². The average molecular weight is 308 g/mol. The number of para-hydroxylation sites is 2. The molecule has 0 spiro atoms. The van der Waals surface area contributed by atoms with E-state index < -0.39 is 0 Å². The van der Waals surface area contributed by atoms with Crippen LogP contribution in [0, 0.1) is 0 Å². The van der Waals surface area contributed by atoms with Crippen molar-refractivity contribution in [2.24, 2.45) is 0 Å². The first-order valence-electron chi connectivity index (χ1n) is 8.15. The Kier molecular flexibility index (Phi) is 4.44. The Labute approximate surface area is 137 Å². The lowest BCUT2D eigenvalue weighted by Crippen LogP contribution is -2.25. The molecule has 0 bridgehead atoms. The monoisotopic (exact) mass is 308 g/mol. The normalized spacial score (nSPS) is 13.1. The van der Waals surface area contributed by atoms with Crippen LogP contribution in [0.4, 0.5) is 0 Å². The van der Waals surface area contributed by atoms with Gasteiger partial charge in [-0.15, -0.1) is 0 Å². The van der Waals surface area contributed by atoms with E-state index in [2.05, 4.69) is 66.5 Å². The topological polar surface area (TPSA) is 34.0 Å². The Morgan fingerprint density at radius 2 is 1.78 bits per heavy atom. The highest BCUT2D eigenvalue weighted by molar-refractivity contribution is 5.76. The maximum absolute atomic E-state index is 4.85.